The van der Waals surface area contributed by atoms with Crippen LogP contribution in [0.3, 0.4) is 0 Å². The lowest BCUT2D eigenvalue weighted by atomic mass is 10.1. The number of phenolic OH excluding ortho intramolecular Hbond substituents is 1. The zero-order valence-electron chi connectivity index (χ0n) is 15.5. The van der Waals surface area contributed by atoms with Crippen LogP contribution in [0.2, 0.25) is 0 Å². The number of hydrogen-bond acceptors (Lipinski definition) is 6. The molecule has 1 fully saturated rings. The molecule has 0 spiro atoms. The largest absolute Gasteiger partial charge is 0.506 e. The van der Waals surface area contributed by atoms with E-state index < -0.39 is 0 Å². The van der Waals surface area contributed by atoms with Crippen molar-refractivity contribution in [3.05, 3.63) is 29.5 Å². The van der Waals surface area contributed by atoms with Crippen LogP contribution in [0.5, 0.6) is 5.75 Å². The van der Waals surface area contributed by atoms with Gasteiger partial charge in [-0.05, 0) is 37.5 Å². The van der Waals surface area contributed by atoms with E-state index in [1.165, 1.54) is 11.3 Å². The van der Waals surface area contributed by atoms with Gasteiger partial charge in [0.25, 0.3) is 0 Å². The van der Waals surface area contributed by atoms with Crippen molar-refractivity contribution in [2.75, 3.05) is 25.5 Å². The first-order valence-corrected chi connectivity index (χ1v) is 9.66. The molecule has 3 N–H and O–H groups in total. The van der Waals surface area contributed by atoms with Crippen LogP contribution in [0.4, 0.5) is 9.93 Å². The summed E-state index contributed by atoms with van der Waals surface area (Å²) in [5.74, 6) is 0.209. The summed E-state index contributed by atoms with van der Waals surface area (Å²) in [5, 5.41) is 21.7. The van der Waals surface area contributed by atoms with E-state index in [9.17, 15) is 9.90 Å². The number of aromatic hydroxyl groups is 1. The lowest BCUT2D eigenvalue weighted by Gasteiger charge is -2.15. The second-order valence-corrected chi connectivity index (χ2v) is 7.89. The summed E-state index contributed by atoms with van der Waals surface area (Å²) >= 11 is 1.52. The smallest absolute Gasteiger partial charge is 0.317 e. The molecule has 1 aliphatic heterocycles. The third kappa shape index (κ3) is 3.30. The van der Waals surface area contributed by atoms with E-state index in [1.54, 1.807) is 22.7 Å². The second kappa shape index (κ2) is 6.73. The number of anilines is 1. The number of nitrogens with zero attached hydrogens (tertiary/aromatic N) is 4. The molecule has 1 aliphatic rings. The molecule has 3 heterocycles. The fourth-order valence-electron chi connectivity index (χ4n) is 3.53. The average molecular weight is 386 g/mol. The molecule has 0 aliphatic carbocycles. The molecule has 9 heteroatoms. The van der Waals surface area contributed by atoms with Gasteiger partial charge in [-0.2, -0.15) is 4.98 Å². The van der Waals surface area contributed by atoms with E-state index in [0.717, 1.165) is 33.9 Å². The predicted octanol–water partition coefficient (Wildman–Crippen LogP) is 2.63. The lowest BCUT2D eigenvalue weighted by Crippen LogP contribution is -2.37. The molecule has 0 radical (unpaired) electrons. The second-order valence-electron chi connectivity index (χ2n) is 6.86. The van der Waals surface area contributed by atoms with Crippen molar-refractivity contribution in [3.63, 3.8) is 0 Å². The highest BCUT2D eigenvalue weighted by molar-refractivity contribution is 7.22. The molecule has 1 aromatic carbocycles. The first-order valence-electron chi connectivity index (χ1n) is 8.84. The Morgan fingerprint density at radius 1 is 1.37 bits per heavy atom. The highest BCUT2D eigenvalue weighted by Crippen LogP contribution is 2.31. The van der Waals surface area contributed by atoms with E-state index in [1.807, 2.05) is 26.1 Å². The van der Waals surface area contributed by atoms with E-state index in [-0.39, 0.29) is 17.8 Å². The van der Waals surface area contributed by atoms with Crippen molar-refractivity contribution in [3.8, 4) is 11.4 Å². The number of amides is 2. The summed E-state index contributed by atoms with van der Waals surface area (Å²) in [6.07, 6.45) is 2.78. The number of benzene rings is 1. The standard InChI is InChI=1S/C18H22N6O2S/c1-10-6-11(2)15(13(25)7-10)24-9-14-16(22-24)21-17(27-14)20-12-4-5-23(8-12)18(26)19-3/h6-7,9,12,25H,4-5,8H2,1-3H3,(H,19,26)(H,20,21,22). The molecule has 1 saturated heterocycles. The molecule has 1 unspecified atom stereocenters. The number of fused-ring (bicyclic) bond motifs is 1. The first kappa shape index (κ1) is 17.6. The van der Waals surface area contributed by atoms with Crippen molar-refractivity contribution in [1.29, 1.82) is 0 Å². The van der Waals surface area contributed by atoms with E-state index >= 15 is 0 Å². The number of hydrogen-bond donors (Lipinski definition) is 3. The Hall–Kier alpha value is -2.81. The zero-order chi connectivity index (χ0) is 19.1. The quantitative estimate of drug-likeness (QED) is 0.643. The minimum atomic E-state index is -0.0480. The number of urea groups is 1. The Labute approximate surface area is 160 Å². The number of nitrogens with one attached hydrogen (secondary N) is 2. The lowest BCUT2D eigenvalue weighted by molar-refractivity contribution is 0.211. The zero-order valence-corrected chi connectivity index (χ0v) is 16.3. The summed E-state index contributed by atoms with van der Waals surface area (Å²) in [4.78, 5) is 18.1. The molecule has 3 aromatic rings. The molecule has 8 nitrogen and oxygen atoms in total. The molecule has 1 atom stereocenters. The van der Waals surface area contributed by atoms with Crippen LogP contribution < -0.4 is 10.6 Å². The SMILES string of the molecule is CNC(=O)N1CCC(Nc2nc3nn(-c4c(C)cc(C)cc4O)cc3s2)C1. The van der Waals surface area contributed by atoms with Crippen LogP contribution in [0.1, 0.15) is 17.5 Å². The van der Waals surface area contributed by atoms with E-state index in [0.29, 0.717) is 17.9 Å². The van der Waals surface area contributed by atoms with Crippen LogP contribution in [-0.4, -0.2) is 57.0 Å². The van der Waals surface area contributed by atoms with Crippen LogP contribution in [-0.2, 0) is 0 Å². The van der Waals surface area contributed by atoms with Crippen molar-refractivity contribution < 1.29 is 9.90 Å². The van der Waals surface area contributed by atoms with Crippen LogP contribution in [0.25, 0.3) is 16.0 Å². The summed E-state index contributed by atoms with van der Waals surface area (Å²) in [5.41, 5.74) is 3.29. The number of thiazole rings is 1. The summed E-state index contributed by atoms with van der Waals surface area (Å²) in [6.45, 7) is 5.30. The normalized spacial score (nSPS) is 16.9. The van der Waals surface area contributed by atoms with Crippen LogP contribution in [0.15, 0.2) is 18.3 Å². The number of carbonyl (C=O) groups is 1. The van der Waals surface area contributed by atoms with Crippen molar-refractivity contribution in [1.82, 2.24) is 25.0 Å². The van der Waals surface area contributed by atoms with Gasteiger partial charge in [0.1, 0.15) is 11.4 Å². The minimum absolute atomic E-state index is 0.0480. The molecule has 0 saturated carbocycles. The van der Waals surface area contributed by atoms with Gasteiger partial charge in [0.05, 0.1) is 10.9 Å². The number of carbonyl (C=O) groups excluding carboxylic acids is 1. The van der Waals surface area contributed by atoms with Gasteiger partial charge >= 0.3 is 6.03 Å². The molecule has 27 heavy (non-hydrogen) atoms. The summed E-state index contributed by atoms with van der Waals surface area (Å²) < 4.78 is 2.63. The number of aryl methyl sites for hydroxylation is 2. The maximum absolute atomic E-state index is 11.7. The van der Waals surface area contributed by atoms with Gasteiger partial charge < -0.3 is 20.6 Å². The molecule has 2 amide bonds. The monoisotopic (exact) mass is 386 g/mol. The number of phenols is 1. The maximum Gasteiger partial charge on any atom is 0.317 e. The average Bonchev–Trinajstić information content (AvgIpc) is 3.28. The van der Waals surface area contributed by atoms with Crippen molar-refractivity contribution >= 4 is 32.8 Å². The predicted molar refractivity (Wildman–Crippen MR) is 106 cm³/mol. The van der Waals surface area contributed by atoms with Crippen molar-refractivity contribution in [2.24, 2.45) is 0 Å². The van der Waals surface area contributed by atoms with Crippen LogP contribution in [0, 0.1) is 13.8 Å². The molecular weight excluding hydrogens is 364 g/mol. The van der Waals surface area contributed by atoms with E-state index in [2.05, 4.69) is 20.7 Å². The van der Waals surface area contributed by atoms with E-state index in [4.69, 9.17) is 0 Å². The van der Waals surface area contributed by atoms with Gasteiger partial charge in [-0.3, -0.25) is 0 Å². The fourth-order valence-corrected chi connectivity index (χ4v) is 4.43. The molecule has 0 bridgehead atoms. The maximum atomic E-state index is 11.7. The summed E-state index contributed by atoms with van der Waals surface area (Å²) in [7, 11) is 1.64. The van der Waals surface area contributed by atoms with Gasteiger partial charge in [0, 0.05) is 26.2 Å². The minimum Gasteiger partial charge on any atom is -0.506 e. The number of aromatic nitrogens is 3. The van der Waals surface area contributed by atoms with Crippen LogP contribution >= 0.6 is 11.3 Å². The topological polar surface area (TPSA) is 95.3 Å². The van der Waals surface area contributed by atoms with Gasteiger partial charge in [0.15, 0.2) is 10.8 Å². The molecular formula is C18H22N6O2S. The van der Waals surface area contributed by atoms with Gasteiger partial charge in [-0.25, -0.2) is 9.48 Å². The Kier molecular flexibility index (Phi) is 4.39. The first-order chi connectivity index (χ1) is 12.9. The van der Waals surface area contributed by atoms with Gasteiger partial charge in [-0.1, -0.05) is 17.4 Å². The molecule has 2 aromatic heterocycles. The Bertz CT molecular complexity index is 956. The Balaban J connectivity index is 1.53. The Morgan fingerprint density at radius 2 is 2.19 bits per heavy atom. The summed E-state index contributed by atoms with van der Waals surface area (Å²) in [6, 6.07) is 3.89. The molecule has 4 rings (SSSR count). The highest BCUT2D eigenvalue weighted by atomic mass is 32.1. The number of rotatable bonds is 3. The fraction of sp³-hybridized carbons (Fsp3) is 0.389. The Morgan fingerprint density at radius 3 is 2.89 bits per heavy atom. The van der Waals surface area contributed by atoms with Gasteiger partial charge in [-0.15, -0.1) is 5.10 Å². The number of likely N-dealkylation sites (tertiary alicyclic amines) is 1. The van der Waals surface area contributed by atoms with Gasteiger partial charge in [0.2, 0.25) is 0 Å². The highest BCUT2D eigenvalue weighted by Gasteiger charge is 2.26. The third-order valence-electron chi connectivity index (χ3n) is 4.75. The third-order valence-corrected chi connectivity index (χ3v) is 5.66. The van der Waals surface area contributed by atoms with Crippen molar-refractivity contribution in [2.45, 2.75) is 26.3 Å². The molecule has 142 valence electrons.